The molecule has 7 nitrogen and oxygen atoms in total. The van der Waals surface area contributed by atoms with Crippen LogP contribution in [-0.2, 0) is 6.54 Å². The van der Waals surface area contributed by atoms with Gasteiger partial charge in [-0.3, -0.25) is 0 Å². The van der Waals surface area contributed by atoms with Crippen molar-refractivity contribution in [2.75, 3.05) is 20.5 Å². The normalized spacial score (nSPS) is 16.9. The predicted molar refractivity (Wildman–Crippen MR) is 98.5 cm³/mol. The summed E-state index contributed by atoms with van der Waals surface area (Å²) in [6, 6.07) is 9.24. The van der Waals surface area contributed by atoms with Gasteiger partial charge in [0.15, 0.2) is 23.0 Å². The van der Waals surface area contributed by atoms with E-state index in [-0.39, 0.29) is 18.9 Å². The molecule has 2 heterocycles. The summed E-state index contributed by atoms with van der Waals surface area (Å²) < 4.78 is 21.8. The van der Waals surface area contributed by atoms with E-state index in [1.165, 1.54) is 0 Å². The number of nitrogens with one attached hydrogen (secondary N) is 2. The number of carbonyl (C=O) groups is 1. The van der Waals surface area contributed by atoms with Crippen LogP contribution in [0.2, 0.25) is 0 Å². The second-order valence-electron chi connectivity index (χ2n) is 6.59. The number of ether oxygens (including phenoxy) is 4. The largest absolute Gasteiger partial charge is 0.493 e. The van der Waals surface area contributed by atoms with Crippen molar-refractivity contribution in [3.63, 3.8) is 0 Å². The van der Waals surface area contributed by atoms with Crippen LogP contribution in [0.1, 0.15) is 29.2 Å². The van der Waals surface area contributed by atoms with Crippen molar-refractivity contribution in [3.8, 4) is 23.0 Å². The van der Waals surface area contributed by atoms with E-state index in [9.17, 15) is 4.79 Å². The quantitative estimate of drug-likeness (QED) is 0.865. The Bertz CT molecular complexity index is 868. The van der Waals surface area contributed by atoms with E-state index in [0.717, 1.165) is 22.4 Å². The van der Waals surface area contributed by atoms with E-state index < -0.39 is 0 Å². The Morgan fingerprint density at radius 3 is 2.89 bits per heavy atom. The Morgan fingerprint density at radius 2 is 2.04 bits per heavy atom. The highest BCUT2D eigenvalue weighted by Gasteiger charge is 2.26. The topological polar surface area (TPSA) is 78.1 Å². The van der Waals surface area contributed by atoms with Crippen molar-refractivity contribution in [1.82, 2.24) is 10.6 Å². The molecule has 0 saturated carbocycles. The van der Waals surface area contributed by atoms with Crippen LogP contribution in [0.4, 0.5) is 4.79 Å². The summed E-state index contributed by atoms with van der Waals surface area (Å²) in [5.74, 6) is 2.83. The molecule has 2 aliphatic rings. The van der Waals surface area contributed by atoms with Crippen LogP contribution in [0.15, 0.2) is 30.3 Å². The monoisotopic (exact) mass is 370 g/mol. The summed E-state index contributed by atoms with van der Waals surface area (Å²) in [6.07, 6.45) is 0.705. The summed E-state index contributed by atoms with van der Waals surface area (Å²) in [5.41, 5.74) is 2.94. The number of hydrogen-bond acceptors (Lipinski definition) is 5. The molecular weight excluding hydrogens is 348 g/mol. The lowest BCUT2D eigenvalue weighted by atomic mass is 9.98. The molecule has 0 fully saturated rings. The van der Waals surface area contributed by atoms with Crippen LogP contribution in [0.25, 0.3) is 0 Å². The fraction of sp³-hybridized carbons (Fsp3) is 0.350. The van der Waals surface area contributed by atoms with Crippen molar-refractivity contribution in [2.45, 2.75) is 25.9 Å². The van der Waals surface area contributed by atoms with Gasteiger partial charge in [0.05, 0.1) is 19.8 Å². The molecule has 0 spiro atoms. The maximum Gasteiger partial charge on any atom is 0.315 e. The first-order valence-corrected chi connectivity index (χ1v) is 8.88. The van der Waals surface area contributed by atoms with Crippen LogP contribution >= 0.6 is 0 Å². The molecule has 4 rings (SSSR count). The molecule has 2 amide bonds. The van der Waals surface area contributed by atoms with E-state index in [1.807, 2.05) is 37.3 Å². The Hall–Kier alpha value is -3.09. The smallest absolute Gasteiger partial charge is 0.315 e. The number of hydrogen-bond donors (Lipinski definition) is 2. The first-order valence-electron chi connectivity index (χ1n) is 8.88. The zero-order valence-corrected chi connectivity index (χ0v) is 15.3. The molecular formula is C20H22N2O5. The van der Waals surface area contributed by atoms with E-state index in [4.69, 9.17) is 18.9 Å². The fourth-order valence-corrected chi connectivity index (χ4v) is 3.36. The molecule has 0 aromatic heterocycles. The second-order valence-corrected chi connectivity index (χ2v) is 6.59. The molecule has 7 heteroatoms. The maximum absolute atomic E-state index is 12.4. The van der Waals surface area contributed by atoms with Crippen LogP contribution in [0.5, 0.6) is 23.0 Å². The maximum atomic E-state index is 12.4. The molecule has 27 heavy (non-hydrogen) atoms. The van der Waals surface area contributed by atoms with Crippen LogP contribution < -0.4 is 29.6 Å². The van der Waals surface area contributed by atoms with Crippen molar-refractivity contribution in [2.24, 2.45) is 0 Å². The number of urea groups is 1. The van der Waals surface area contributed by atoms with Gasteiger partial charge in [-0.1, -0.05) is 12.1 Å². The van der Waals surface area contributed by atoms with E-state index in [2.05, 4.69) is 10.6 Å². The van der Waals surface area contributed by atoms with Crippen molar-refractivity contribution < 1.29 is 23.7 Å². The second kappa shape index (κ2) is 7.26. The molecule has 142 valence electrons. The van der Waals surface area contributed by atoms with Gasteiger partial charge in [0, 0.05) is 18.5 Å². The van der Waals surface area contributed by atoms with Crippen molar-refractivity contribution in [1.29, 1.82) is 0 Å². The van der Waals surface area contributed by atoms with Crippen LogP contribution in [-0.4, -0.2) is 26.5 Å². The van der Waals surface area contributed by atoms with Crippen molar-refractivity contribution >= 4 is 6.03 Å². The highest BCUT2D eigenvalue weighted by Crippen LogP contribution is 2.40. The minimum absolute atomic E-state index is 0.126. The molecule has 0 aliphatic carbocycles. The Morgan fingerprint density at radius 1 is 1.19 bits per heavy atom. The van der Waals surface area contributed by atoms with Crippen molar-refractivity contribution in [3.05, 3.63) is 47.0 Å². The third kappa shape index (κ3) is 3.58. The highest BCUT2D eigenvalue weighted by atomic mass is 16.7. The number of carbonyl (C=O) groups excluding carboxylic acids is 1. The predicted octanol–water partition coefficient (Wildman–Crippen LogP) is 3.06. The van der Waals surface area contributed by atoms with E-state index in [0.29, 0.717) is 36.8 Å². The lowest BCUT2D eigenvalue weighted by Gasteiger charge is -2.28. The van der Waals surface area contributed by atoms with Gasteiger partial charge >= 0.3 is 6.03 Å². The third-order valence-corrected chi connectivity index (χ3v) is 4.67. The molecule has 2 aromatic carbocycles. The summed E-state index contributed by atoms with van der Waals surface area (Å²) in [4.78, 5) is 12.4. The first kappa shape index (κ1) is 17.3. The molecule has 1 unspecified atom stereocenters. The van der Waals surface area contributed by atoms with Gasteiger partial charge < -0.3 is 29.6 Å². The summed E-state index contributed by atoms with van der Waals surface area (Å²) in [5, 5.41) is 5.93. The molecule has 2 N–H and O–H groups in total. The molecule has 1 atom stereocenters. The highest BCUT2D eigenvalue weighted by molar-refractivity contribution is 5.75. The average molecular weight is 370 g/mol. The Balaban J connectivity index is 1.41. The summed E-state index contributed by atoms with van der Waals surface area (Å²) in [7, 11) is 1.62. The van der Waals surface area contributed by atoms with Gasteiger partial charge in [-0.25, -0.2) is 4.79 Å². The first-order chi connectivity index (χ1) is 13.1. The van der Waals surface area contributed by atoms with Crippen LogP contribution in [0.3, 0.4) is 0 Å². The zero-order valence-electron chi connectivity index (χ0n) is 15.3. The molecule has 0 saturated heterocycles. The van der Waals surface area contributed by atoms with E-state index in [1.54, 1.807) is 7.11 Å². The fourth-order valence-electron chi connectivity index (χ4n) is 3.36. The van der Waals surface area contributed by atoms with Gasteiger partial charge in [-0.05, 0) is 36.2 Å². The minimum atomic E-state index is -0.231. The summed E-state index contributed by atoms with van der Waals surface area (Å²) >= 11 is 0. The molecule has 2 aromatic rings. The van der Waals surface area contributed by atoms with Gasteiger partial charge in [-0.2, -0.15) is 0 Å². The third-order valence-electron chi connectivity index (χ3n) is 4.67. The lowest BCUT2D eigenvalue weighted by Crippen LogP contribution is -2.39. The van der Waals surface area contributed by atoms with Crippen LogP contribution in [0, 0.1) is 6.92 Å². The van der Waals surface area contributed by atoms with Gasteiger partial charge in [0.25, 0.3) is 0 Å². The Labute approximate surface area is 157 Å². The van der Waals surface area contributed by atoms with Gasteiger partial charge in [-0.15, -0.1) is 0 Å². The van der Waals surface area contributed by atoms with Gasteiger partial charge in [0.1, 0.15) is 0 Å². The average Bonchev–Trinajstić information content (AvgIpc) is 3.14. The molecule has 0 bridgehead atoms. The van der Waals surface area contributed by atoms with Gasteiger partial charge in [0.2, 0.25) is 6.79 Å². The number of amides is 2. The minimum Gasteiger partial charge on any atom is -0.493 e. The number of benzene rings is 2. The zero-order chi connectivity index (χ0) is 18.8. The Kier molecular flexibility index (Phi) is 4.66. The summed E-state index contributed by atoms with van der Waals surface area (Å²) in [6.45, 7) is 3.15. The van der Waals surface area contributed by atoms with E-state index >= 15 is 0 Å². The number of rotatable bonds is 4. The standard InChI is InChI=1S/C20H22N2O5/c1-12-7-14-15(5-6-25-19(14)18(8-12)24-2)22-20(23)21-10-13-3-4-16-17(9-13)27-11-26-16/h3-4,7-9,15H,5-6,10-11H2,1-2H3,(H2,21,22,23). The molecule has 0 radical (unpaired) electrons. The number of aryl methyl sites for hydroxylation is 1. The lowest BCUT2D eigenvalue weighted by molar-refractivity contribution is 0.174. The number of methoxy groups -OCH3 is 1. The molecule has 2 aliphatic heterocycles. The SMILES string of the molecule is COc1cc(C)cc2c1OCCC2NC(=O)NCc1ccc2c(c1)OCO2. The number of fused-ring (bicyclic) bond motifs is 2.